The second-order valence-corrected chi connectivity index (χ2v) is 6.91. The minimum Gasteiger partial charge on any atom is -0.448 e. The van der Waals surface area contributed by atoms with Crippen LogP contribution in [0, 0.1) is 18.7 Å². The number of anilines is 1. The Balaban J connectivity index is 0.000000286. The van der Waals surface area contributed by atoms with Gasteiger partial charge < -0.3 is 15.2 Å². The number of para-hydroxylation sites is 1. The van der Waals surface area contributed by atoms with Crippen LogP contribution < -0.4 is 16.0 Å². The van der Waals surface area contributed by atoms with Crippen LogP contribution >= 0.6 is 0 Å². The van der Waals surface area contributed by atoms with E-state index in [-0.39, 0.29) is 17.4 Å². The van der Waals surface area contributed by atoms with Crippen molar-refractivity contribution < 1.29 is 13.9 Å². The first kappa shape index (κ1) is 23.8. The molecule has 1 fully saturated rings. The summed E-state index contributed by atoms with van der Waals surface area (Å²) in [5.74, 6) is -0.512. The molecule has 0 spiro atoms. The molecule has 4 rings (SSSR count). The summed E-state index contributed by atoms with van der Waals surface area (Å²) in [4.78, 5) is 20.1. The van der Waals surface area contributed by atoms with E-state index in [9.17, 15) is 9.18 Å². The Morgan fingerprint density at radius 3 is 2.45 bits per heavy atom. The Bertz CT molecular complexity index is 1080. The first-order valence-electron chi connectivity index (χ1n) is 9.90. The third kappa shape index (κ3) is 6.27. The maximum atomic E-state index is 13.6. The average molecular weight is 426 g/mol. The van der Waals surface area contributed by atoms with Crippen molar-refractivity contribution in [2.24, 2.45) is 7.05 Å². The number of aromatic nitrogens is 3. The second-order valence-electron chi connectivity index (χ2n) is 6.91. The minimum absolute atomic E-state index is 0.0107. The number of pyridine rings is 1. The fraction of sp³-hybridized carbons (Fsp3) is 0.348. The summed E-state index contributed by atoms with van der Waals surface area (Å²) in [6.07, 6.45) is 16.8. The van der Waals surface area contributed by atoms with Gasteiger partial charge in [0.25, 0.3) is 5.56 Å². The van der Waals surface area contributed by atoms with Crippen molar-refractivity contribution in [3.63, 3.8) is 0 Å². The number of nitrogen functional groups attached to an aromatic ring is 1. The summed E-state index contributed by atoms with van der Waals surface area (Å²) in [6.45, 7) is 0. The van der Waals surface area contributed by atoms with Crippen LogP contribution in [-0.2, 0) is 11.8 Å². The molecule has 7 nitrogen and oxygen atoms in total. The molecule has 1 aliphatic carbocycles. The molecular formula is C23H27FN4O3. The van der Waals surface area contributed by atoms with Crippen molar-refractivity contribution in [2.45, 2.75) is 38.2 Å². The monoisotopic (exact) mass is 426 g/mol. The zero-order valence-corrected chi connectivity index (χ0v) is 17.8. The van der Waals surface area contributed by atoms with E-state index in [1.807, 2.05) is 7.11 Å². The number of hydrogen-bond donors (Lipinski definition) is 1. The first-order chi connectivity index (χ1) is 15.0. The van der Waals surface area contributed by atoms with E-state index in [4.69, 9.17) is 15.2 Å². The number of methoxy groups -OCH3 is 1. The van der Waals surface area contributed by atoms with Crippen molar-refractivity contribution in [2.75, 3.05) is 12.8 Å². The SMILES string of the molecule is C#C.COC1CCCCC1.Cn1c(=O)c(Oc2ccccc2F)cc2cnc(N)nc21. The Morgan fingerprint density at radius 2 is 1.84 bits per heavy atom. The highest BCUT2D eigenvalue weighted by atomic mass is 19.1. The number of nitrogens with zero attached hydrogens (tertiary/aromatic N) is 3. The lowest BCUT2D eigenvalue weighted by atomic mass is 9.98. The van der Waals surface area contributed by atoms with Crippen LogP contribution in [0.3, 0.4) is 0 Å². The average Bonchev–Trinajstić information content (AvgIpc) is 2.81. The number of aryl methyl sites for hydroxylation is 1. The number of halogens is 1. The molecule has 2 heterocycles. The predicted molar refractivity (Wildman–Crippen MR) is 119 cm³/mol. The summed E-state index contributed by atoms with van der Waals surface area (Å²) >= 11 is 0. The van der Waals surface area contributed by atoms with Gasteiger partial charge in [0.15, 0.2) is 17.3 Å². The smallest absolute Gasteiger partial charge is 0.294 e. The third-order valence-corrected chi connectivity index (χ3v) is 4.88. The lowest BCUT2D eigenvalue weighted by molar-refractivity contribution is 0.0710. The van der Waals surface area contributed by atoms with E-state index in [1.165, 1.54) is 74.2 Å². The second kappa shape index (κ2) is 11.7. The predicted octanol–water partition coefficient (Wildman–Crippen LogP) is 4.06. The molecule has 1 saturated carbocycles. The minimum atomic E-state index is -0.548. The van der Waals surface area contributed by atoms with Gasteiger partial charge in [-0.25, -0.2) is 9.37 Å². The van der Waals surface area contributed by atoms with Gasteiger partial charge >= 0.3 is 0 Å². The number of fused-ring (bicyclic) bond motifs is 1. The molecule has 2 aromatic heterocycles. The van der Waals surface area contributed by atoms with Gasteiger partial charge in [-0.15, -0.1) is 12.8 Å². The summed E-state index contributed by atoms with van der Waals surface area (Å²) in [6, 6.07) is 7.32. The number of nitrogens with two attached hydrogens (primary N) is 1. The highest BCUT2D eigenvalue weighted by Gasteiger charge is 2.12. The lowest BCUT2D eigenvalue weighted by Crippen LogP contribution is -2.19. The van der Waals surface area contributed by atoms with Gasteiger partial charge in [0.05, 0.1) is 6.10 Å². The van der Waals surface area contributed by atoms with Crippen molar-refractivity contribution in [3.8, 4) is 24.3 Å². The van der Waals surface area contributed by atoms with Crippen molar-refractivity contribution in [1.29, 1.82) is 0 Å². The molecule has 1 aliphatic rings. The number of terminal acetylenes is 1. The molecule has 164 valence electrons. The number of benzene rings is 1. The maximum Gasteiger partial charge on any atom is 0.294 e. The van der Waals surface area contributed by atoms with Crippen LogP contribution in [0.15, 0.2) is 41.3 Å². The van der Waals surface area contributed by atoms with Gasteiger partial charge in [-0.2, -0.15) is 4.98 Å². The maximum absolute atomic E-state index is 13.6. The van der Waals surface area contributed by atoms with Crippen LogP contribution in [0.25, 0.3) is 11.0 Å². The first-order valence-corrected chi connectivity index (χ1v) is 9.90. The van der Waals surface area contributed by atoms with Gasteiger partial charge in [0.1, 0.15) is 5.65 Å². The highest BCUT2D eigenvalue weighted by Crippen LogP contribution is 2.23. The highest BCUT2D eigenvalue weighted by molar-refractivity contribution is 5.76. The van der Waals surface area contributed by atoms with E-state index in [0.29, 0.717) is 17.1 Å². The van der Waals surface area contributed by atoms with Crippen LogP contribution in [0.5, 0.6) is 11.5 Å². The van der Waals surface area contributed by atoms with Crippen LogP contribution in [0.1, 0.15) is 32.1 Å². The van der Waals surface area contributed by atoms with Crippen LogP contribution in [-0.4, -0.2) is 27.7 Å². The molecule has 0 saturated heterocycles. The van der Waals surface area contributed by atoms with Gasteiger partial charge in [0.2, 0.25) is 5.95 Å². The molecule has 8 heteroatoms. The topological polar surface area (TPSA) is 92.3 Å². The van der Waals surface area contributed by atoms with Crippen molar-refractivity contribution in [1.82, 2.24) is 14.5 Å². The summed E-state index contributed by atoms with van der Waals surface area (Å²) < 4.78 is 25.4. The molecular weight excluding hydrogens is 399 g/mol. The molecule has 31 heavy (non-hydrogen) atoms. The van der Waals surface area contributed by atoms with Crippen molar-refractivity contribution in [3.05, 3.63) is 52.7 Å². The van der Waals surface area contributed by atoms with E-state index < -0.39 is 11.4 Å². The molecule has 0 amide bonds. The Morgan fingerprint density at radius 1 is 1.16 bits per heavy atom. The number of ether oxygens (including phenoxy) is 2. The lowest BCUT2D eigenvalue weighted by Gasteiger charge is -2.19. The van der Waals surface area contributed by atoms with Gasteiger partial charge in [-0.05, 0) is 31.0 Å². The Kier molecular flexibility index (Phi) is 8.97. The molecule has 0 atom stereocenters. The molecule has 0 aliphatic heterocycles. The fourth-order valence-corrected chi connectivity index (χ4v) is 3.25. The quantitative estimate of drug-likeness (QED) is 0.635. The van der Waals surface area contributed by atoms with Crippen molar-refractivity contribution >= 4 is 17.0 Å². The molecule has 0 bridgehead atoms. The van der Waals surface area contributed by atoms with Gasteiger partial charge in [-0.1, -0.05) is 31.4 Å². The van der Waals surface area contributed by atoms with E-state index in [1.54, 1.807) is 6.07 Å². The van der Waals surface area contributed by atoms with Gasteiger partial charge in [-0.3, -0.25) is 9.36 Å². The molecule has 1 aromatic carbocycles. The van der Waals surface area contributed by atoms with Crippen LogP contribution in [0.2, 0.25) is 0 Å². The fourth-order valence-electron chi connectivity index (χ4n) is 3.25. The Hall–Kier alpha value is -3.44. The molecule has 2 N–H and O–H groups in total. The summed E-state index contributed by atoms with van der Waals surface area (Å²) in [7, 11) is 3.35. The largest absolute Gasteiger partial charge is 0.448 e. The van der Waals surface area contributed by atoms with E-state index in [2.05, 4.69) is 22.8 Å². The summed E-state index contributed by atoms with van der Waals surface area (Å²) in [5.41, 5.74) is 5.45. The zero-order valence-electron chi connectivity index (χ0n) is 17.8. The third-order valence-electron chi connectivity index (χ3n) is 4.88. The number of rotatable bonds is 3. The summed E-state index contributed by atoms with van der Waals surface area (Å²) in [5, 5.41) is 0.567. The zero-order chi connectivity index (χ0) is 22.8. The molecule has 3 aromatic rings. The standard InChI is InChI=1S/C14H11FN4O2.C7H14O.C2H2/c1-19-12-8(7-17-14(16)18-12)6-11(13(19)20)21-10-5-3-2-4-9(10)15;1-8-7-5-3-2-4-6-7;1-2/h2-7H,1H3,(H2,16,17,18);7H,2-6H2,1H3;1-2H. The van der Waals surface area contributed by atoms with E-state index in [0.717, 1.165) is 0 Å². The van der Waals surface area contributed by atoms with Crippen LogP contribution in [0.4, 0.5) is 10.3 Å². The van der Waals surface area contributed by atoms with Gasteiger partial charge in [0, 0.05) is 25.7 Å². The van der Waals surface area contributed by atoms with E-state index >= 15 is 0 Å². The number of hydrogen-bond acceptors (Lipinski definition) is 6. The molecule has 0 radical (unpaired) electrons. The Labute approximate surface area is 181 Å². The normalized spacial score (nSPS) is 13.5. The molecule has 0 unspecified atom stereocenters.